The number of hydrogen-bond acceptors (Lipinski definition) is 3. The number of carbonyl (C=O) groups is 2. The molecule has 1 aromatic carbocycles. The molecular weight excluding hydrogens is 254 g/mol. The van der Waals surface area contributed by atoms with Crippen molar-refractivity contribution < 1.29 is 9.59 Å². The second kappa shape index (κ2) is 7.05. The highest BCUT2D eigenvalue weighted by Gasteiger charge is 2.28. The molecule has 20 heavy (non-hydrogen) atoms. The van der Waals surface area contributed by atoms with Crippen LogP contribution >= 0.6 is 0 Å². The van der Waals surface area contributed by atoms with Crippen LogP contribution in [0.25, 0.3) is 0 Å². The second-order valence-corrected chi connectivity index (χ2v) is 5.16. The summed E-state index contributed by atoms with van der Waals surface area (Å²) < 4.78 is 0. The van der Waals surface area contributed by atoms with Crippen LogP contribution in [0.2, 0.25) is 0 Å². The third-order valence-electron chi connectivity index (χ3n) is 3.14. The van der Waals surface area contributed by atoms with Crippen LogP contribution < -0.4 is 16.0 Å². The maximum absolute atomic E-state index is 11.7. The van der Waals surface area contributed by atoms with Gasteiger partial charge in [0.2, 0.25) is 11.8 Å². The lowest BCUT2D eigenvalue weighted by molar-refractivity contribution is -0.122. The smallest absolute Gasteiger partial charge is 0.238 e. The summed E-state index contributed by atoms with van der Waals surface area (Å²) in [5.74, 6) is 0.291. The van der Waals surface area contributed by atoms with Gasteiger partial charge in [0.25, 0.3) is 0 Å². The van der Waals surface area contributed by atoms with Crippen LogP contribution in [-0.4, -0.2) is 31.4 Å². The van der Waals surface area contributed by atoms with Crippen molar-refractivity contribution in [2.75, 3.05) is 25.0 Å². The van der Waals surface area contributed by atoms with E-state index >= 15 is 0 Å². The Balaban J connectivity index is 1.57. The van der Waals surface area contributed by atoms with Gasteiger partial charge in [0, 0.05) is 24.7 Å². The second-order valence-electron chi connectivity index (χ2n) is 5.16. The van der Waals surface area contributed by atoms with Gasteiger partial charge in [-0.15, -0.1) is 0 Å². The topological polar surface area (TPSA) is 70.2 Å². The number of nitrogens with one attached hydrogen (secondary N) is 3. The fourth-order valence-electron chi connectivity index (χ4n) is 1.89. The van der Waals surface area contributed by atoms with Gasteiger partial charge in [0.1, 0.15) is 0 Å². The highest BCUT2D eigenvalue weighted by atomic mass is 16.2. The number of hydrogen-bond donors (Lipinski definition) is 3. The third-order valence-corrected chi connectivity index (χ3v) is 3.14. The highest BCUT2D eigenvalue weighted by molar-refractivity contribution is 5.92. The van der Waals surface area contributed by atoms with Gasteiger partial charge in [-0.05, 0) is 37.5 Å². The lowest BCUT2D eigenvalue weighted by Crippen LogP contribution is -2.36. The van der Waals surface area contributed by atoms with Gasteiger partial charge < -0.3 is 16.0 Å². The van der Waals surface area contributed by atoms with Crippen LogP contribution in [-0.2, 0) is 9.59 Å². The molecule has 0 aromatic heterocycles. The minimum Gasteiger partial charge on any atom is -0.355 e. The lowest BCUT2D eigenvalue weighted by Gasteiger charge is -2.08. The zero-order valence-corrected chi connectivity index (χ0v) is 11.7. The first kappa shape index (κ1) is 14.5. The summed E-state index contributed by atoms with van der Waals surface area (Å²) in [6.45, 7) is 3.39. The van der Waals surface area contributed by atoms with Crippen molar-refractivity contribution in [2.24, 2.45) is 5.92 Å². The first-order valence-electron chi connectivity index (χ1n) is 7.00. The summed E-state index contributed by atoms with van der Waals surface area (Å²) in [6.07, 6.45) is 2.02. The van der Waals surface area contributed by atoms with Gasteiger partial charge >= 0.3 is 0 Å². The van der Waals surface area contributed by atoms with E-state index in [1.54, 1.807) is 0 Å². The molecule has 5 heteroatoms. The molecule has 108 valence electrons. The van der Waals surface area contributed by atoms with Crippen LogP contribution in [0.3, 0.4) is 0 Å². The predicted octanol–water partition coefficient (Wildman–Crippen LogP) is 1.05. The van der Waals surface area contributed by atoms with E-state index < -0.39 is 0 Å². The molecule has 0 aliphatic heterocycles. The molecule has 1 saturated carbocycles. The summed E-state index contributed by atoms with van der Waals surface area (Å²) in [4.78, 5) is 23.0. The molecule has 1 aliphatic rings. The number of rotatable bonds is 7. The number of carbonyl (C=O) groups excluding carboxylic acids is 2. The van der Waals surface area contributed by atoms with Gasteiger partial charge in [0.15, 0.2) is 0 Å². The maximum Gasteiger partial charge on any atom is 0.238 e. The minimum atomic E-state index is -0.0795. The summed E-state index contributed by atoms with van der Waals surface area (Å²) in [5, 5.41) is 8.67. The quantitative estimate of drug-likeness (QED) is 0.651. The van der Waals surface area contributed by atoms with Crippen LogP contribution in [0, 0.1) is 12.8 Å². The third kappa shape index (κ3) is 5.01. The Bertz CT molecular complexity index is 484. The zero-order chi connectivity index (χ0) is 14.4. The molecule has 0 spiro atoms. The molecule has 1 aromatic rings. The molecule has 3 N–H and O–H groups in total. The Morgan fingerprint density at radius 3 is 2.75 bits per heavy atom. The van der Waals surface area contributed by atoms with Gasteiger partial charge in [-0.1, -0.05) is 12.1 Å². The van der Waals surface area contributed by atoms with Crippen molar-refractivity contribution >= 4 is 17.5 Å². The van der Waals surface area contributed by atoms with E-state index in [0.717, 1.165) is 24.1 Å². The zero-order valence-electron chi connectivity index (χ0n) is 11.7. The molecule has 0 radical (unpaired) electrons. The Labute approximate surface area is 119 Å². The number of amides is 2. The van der Waals surface area contributed by atoms with Crippen LogP contribution in [0.5, 0.6) is 0 Å². The fraction of sp³-hybridized carbons (Fsp3) is 0.467. The Morgan fingerprint density at radius 1 is 1.25 bits per heavy atom. The first-order valence-corrected chi connectivity index (χ1v) is 7.00. The first-order chi connectivity index (χ1) is 9.65. The molecule has 5 nitrogen and oxygen atoms in total. The van der Waals surface area contributed by atoms with Crippen LogP contribution in [0.1, 0.15) is 18.4 Å². The predicted molar refractivity (Wildman–Crippen MR) is 78.4 cm³/mol. The highest BCUT2D eigenvalue weighted by Crippen LogP contribution is 2.28. The molecule has 1 aliphatic carbocycles. The monoisotopic (exact) mass is 275 g/mol. The number of anilines is 1. The standard InChI is InChI=1S/C15H21N3O2/c1-11-3-2-4-13(9-11)18-14(19)10-16-7-8-17-15(20)12-5-6-12/h2-4,9,12,16H,5-8,10H2,1H3,(H,17,20)(H,18,19). The van der Waals surface area contributed by atoms with Gasteiger partial charge in [-0.25, -0.2) is 0 Å². The lowest BCUT2D eigenvalue weighted by atomic mass is 10.2. The normalized spacial score (nSPS) is 13.8. The largest absolute Gasteiger partial charge is 0.355 e. The summed E-state index contributed by atoms with van der Waals surface area (Å²) >= 11 is 0. The molecule has 0 saturated heterocycles. The molecule has 1 fully saturated rings. The maximum atomic E-state index is 11.7. The van der Waals surface area contributed by atoms with E-state index in [-0.39, 0.29) is 24.3 Å². The van der Waals surface area contributed by atoms with Gasteiger partial charge in [0.05, 0.1) is 6.54 Å². The van der Waals surface area contributed by atoms with E-state index in [4.69, 9.17) is 0 Å². The van der Waals surface area contributed by atoms with Crippen molar-refractivity contribution in [1.29, 1.82) is 0 Å². The van der Waals surface area contributed by atoms with E-state index in [9.17, 15) is 9.59 Å². The molecular formula is C15H21N3O2. The Kier molecular flexibility index (Phi) is 5.12. The minimum absolute atomic E-state index is 0.0795. The summed E-state index contributed by atoms with van der Waals surface area (Å²) in [7, 11) is 0. The molecule has 0 atom stereocenters. The average Bonchev–Trinajstić information content (AvgIpc) is 3.22. The van der Waals surface area contributed by atoms with Gasteiger partial charge in [-0.2, -0.15) is 0 Å². The van der Waals surface area contributed by atoms with Gasteiger partial charge in [-0.3, -0.25) is 9.59 Å². The molecule has 0 unspecified atom stereocenters. The summed E-state index contributed by atoms with van der Waals surface area (Å²) in [6, 6.07) is 7.68. The van der Waals surface area contributed by atoms with E-state index in [0.29, 0.717) is 13.1 Å². The molecule has 2 amide bonds. The van der Waals surface area contributed by atoms with Crippen molar-refractivity contribution in [3.05, 3.63) is 29.8 Å². The molecule has 0 bridgehead atoms. The van der Waals surface area contributed by atoms with Crippen LogP contribution in [0.15, 0.2) is 24.3 Å². The van der Waals surface area contributed by atoms with Crippen molar-refractivity contribution in [1.82, 2.24) is 10.6 Å². The number of benzene rings is 1. The summed E-state index contributed by atoms with van der Waals surface area (Å²) in [5.41, 5.74) is 1.91. The average molecular weight is 275 g/mol. The van der Waals surface area contributed by atoms with E-state index in [1.165, 1.54) is 0 Å². The Morgan fingerprint density at radius 2 is 2.05 bits per heavy atom. The number of aryl methyl sites for hydroxylation is 1. The fourth-order valence-corrected chi connectivity index (χ4v) is 1.89. The van der Waals surface area contributed by atoms with E-state index in [2.05, 4.69) is 16.0 Å². The van der Waals surface area contributed by atoms with Crippen LogP contribution in [0.4, 0.5) is 5.69 Å². The Hall–Kier alpha value is -1.88. The van der Waals surface area contributed by atoms with Crippen molar-refractivity contribution in [3.63, 3.8) is 0 Å². The molecule has 2 rings (SSSR count). The van der Waals surface area contributed by atoms with Crippen molar-refractivity contribution in [2.45, 2.75) is 19.8 Å². The SMILES string of the molecule is Cc1cccc(NC(=O)CNCCNC(=O)C2CC2)c1. The molecule has 0 heterocycles. The van der Waals surface area contributed by atoms with E-state index in [1.807, 2.05) is 31.2 Å². The van der Waals surface area contributed by atoms with Crippen molar-refractivity contribution in [3.8, 4) is 0 Å².